The lowest BCUT2D eigenvalue weighted by Crippen LogP contribution is -2.29. The van der Waals surface area contributed by atoms with Crippen LogP contribution in [0.2, 0.25) is 0 Å². The third-order valence-corrected chi connectivity index (χ3v) is 7.34. The second-order valence-corrected chi connectivity index (χ2v) is 9.74. The number of fused-ring (bicyclic) bond motifs is 2. The van der Waals surface area contributed by atoms with E-state index in [1.54, 1.807) is 44.6 Å². The van der Waals surface area contributed by atoms with Gasteiger partial charge in [0.05, 0.1) is 36.9 Å². The highest BCUT2D eigenvalue weighted by Crippen LogP contribution is 2.44. The molecule has 0 radical (unpaired) electrons. The molecule has 0 bridgehead atoms. The Morgan fingerprint density at radius 1 is 1.06 bits per heavy atom. The van der Waals surface area contributed by atoms with Crippen molar-refractivity contribution in [2.75, 3.05) is 19.1 Å². The molecule has 4 aromatic rings. The van der Waals surface area contributed by atoms with E-state index in [-0.39, 0.29) is 16.8 Å². The zero-order valence-corrected chi connectivity index (χ0v) is 20.7. The number of carbonyl (C=O) groups excluding carboxylic acids is 1. The molecule has 7 nitrogen and oxygen atoms in total. The molecule has 0 N–H and O–H groups in total. The third-order valence-electron chi connectivity index (χ3n) is 5.78. The summed E-state index contributed by atoms with van der Waals surface area (Å²) in [7, 11) is 3.10. The predicted molar refractivity (Wildman–Crippen MR) is 130 cm³/mol. The Hall–Kier alpha value is -3.17. The molecule has 1 amide bonds. The highest BCUT2D eigenvalue weighted by atomic mass is 79.9. The third kappa shape index (κ3) is 3.34. The van der Waals surface area contributed by atoms with Gasteiger partial charge in [0.25, 0.3) is 5.91 Å². The minimum atomic E-state index is -0.725. The quantitative estimate of drug-likeness (QED) is 0.354. The molecule has 168 valence electrons. The second kappa shape index (κ2) is 8.00. The van der Waals surface area contributed by atoms with Gasteiger partial charge in [-0.25, -0.2) is 4.98 Å². The number of amides is 1. The average Bonchev–Trinajstić information content (AvgIpc) is 3.29. The number of anilines is 1. The number of aromatic nitrogens is 1. The number of aryl methyl sites for hydroxylation is 2. The van der Waals surface area contributed by atoms with Gasteiger partial charge in [0.2, 0.25) is 5.76 Å². The van der Waals surface area contributed by atoms with E-state index in [9.17, 15) is 9.59 Å². The van der Waals surface area contributed by atoms with Crippen molar-refractivity contribution in [3.63, 3.8) is 0 Å². The Balaban J connectivity index is 1.82. The van der Waals surface area contributed by atoms with Crippen molar-refractivity contribution in [1.29, 1.82) is 0 Å². The first-order valence-electron chi connectivity index (χ1n) is 10.1. The molecule has 1 atom stereocenters. The summed E-state index contributed by atoms with van der Waals surface area (Å²) in [5.74, 6) is 0.670. The number of benzene rings is 2. The molecule has 0 fully saturated rings. The zero-order chi connectivity index (χ0) is 23.4. The lowest BCUT2D eigenvalue weighted by molar-refractivity contribution is 0.0971. The van der Waals surface area contributed by atoms with Crippen molar-refractivity contribution in [2.45, 2.75) is 19.9 Å². The number of nitrogens with zero attached hydrogens (tertiary/aromatic N) is 2. The molecule has 33 heavy (non-hydrogen) atoms. The van der Waals surface area contributed by atoms with E-state index >= 15 is 0 Å². The summed E-state index contributed by atoms with van der Waals surface area (Å²) >= 11 is 4.82. The normalized spacial score (nSPS) is 15.2. The molecule has 0 spiro atoms. The van der Waals surface area contributed by atoms with Crippen LogP contribution in [0.25, 0.3) is 11.0 Å². The van der Waals surface area contributed by atoms with Gasteiger partial charge in [-0.3, -0.25) is 14.5 Å². The minimum absolute atomic E-state index is 0.0279. The van der Waals surface area contributed by atoms with Gasteiger partial charge < -0.3 is 13.9 Å². The van der Waals surface area contributed by atoms with Gasteiger partial charge in [-0.15, -0.1) is 11.3 Å². The van der Waals surface area contributed by atoms with Gasteiger partial charge in [-0.05, 0) is 49.7 Å². The van der Waals surface area contributed by atoms with E-state index < -0.39 is 11.9 Å². The Labute approximate surface area is 201 Å². The lowest BCUT2D eigenvalue weighted by Gasteiger charge is -2.23. The number of ether oxygens (including phenoxy) is 2. The van der Waals surface area contributed by atoms with E-state index in [1.165, 1.54) is 16.2 Å². The molecule has 1 aliphatic rings. The van der Waals surface area contributed by atoms with Crippen LogP contribution < -0.4 is 19.8 Å². The SMILES string of the molecule is COc1ccc([C@H]2c3c(oc4ccc(Br)cc4c3=O)C(=O)N2c2nc(C)c(C)s2)cc1OC. The number of hydrogen-bond acceptors (Lipinski definition) is 7. The molecule has 0 aliphatic carbocycles. The van der Waals surface area contributed by atoms with Gasteiger partial charge in [0.15, 0.2) is 22.1 Å². The number of rotatable bonds is 4. The van der Waals surface area contributed by atoms with Crippen molar-refractivity contribution < 1.29 is 18.7 Å². The highest BCUT2D eigenvalue weighted by molar-refractivity contribution is 9.10. The van der Waals surface area contributed by atoms with Crippen LogP contribution >= 0.6 is 27.3 Å². The van der Waals surface area contributed by atoms with Gasteiger partial charge >= 0.3 is 0 Å². The molecule has 5 rings (SSSR count). The fourth-order valence-corrected chi connectivity index (χ4v) is 5.34. The van der Waals surface area contributed by atoms with Crippen LogP contribution in [0.4, 0.5) is 5.13 Å². The summed E-state index contributed by atoms with van der Waals surface area (Å²) in [6, 6.07) is 9.78. The van der Waals surface area contributed by atoms with Crippen LogP contribution in [0.1, 0.15) is 38.3 Å². The van der Waals surface area contributed by atoms with E-state index in [2.05, 4.69) is 20.9 Å². The Bertz CT molecular complexity index is 1470. The van der Waals surface area contributed by atoms with Crippen molar-refractivity contribution in [2.24, 2.45) is 0 Å². The van der Waals surface area contributed by atoms with E-state index in [0.717, 1.165) is 15.0 Å². The summed E-state index contributed by atoms with van der Waals surface area (Å²) in [6.45, 7) is 3.84. The largest absolute Gasteiger partial charge is 0.493 e. The van der Waals surface area contributed by atoms with Gasteiger partial charge in [0.1, 0.15) is 5.58 Å². The Morgan fingerprint density at radius 3 is 2.48 bits per heavy atom. The summed E-state index contributed by atoms with van der Waals surface area (Å²) in [5.41, 5.74) is 1.90. The fourth-order valence-electron chi connectivity index (χ4n) is 4.04. The molecule has 2 aromatic carbocycles. The summed E-state index contributed by atoms with van der Waals surface area (Å²) in [4.78, 5) is 34.5. The van der Waals surface area contributed by atoms with Gasteiger partial charge in [-0.1, -0.05) is 22.0 Å². The number of thiazole rings is 1. The van der Waals surface area contributed by atoms with Crippen molar-refractivity contribution in [1.82, 2.24) is 4.98 Å². The van der Waals surface area contributed by atoms with Gasteiger partial charge in [-0.2, -0.15) is 0 Å². The minimum Gasteiger partial charge on any atom is -0.493 e. The average molecular weight is 527 g/mol. The van der Waals surface area contributed by atoms with Crippen LogP contribution in [0.5, 0.6) is 11.5 Å². The van der Waals surface area contributed by atoms with Crippen LogP contribution in [0.15, 0.2) is 50.1 Å². The summed E-state index contributed by atoms with van der Waals surface area (Å²) < 4.78 is 17.6. The van der Waals surface area contributed by atoms with Crippen molar-refractivity contribution in [3.05, 3.63) is 78.6 Å². The lowest BCUT2D eigenvalue weighted by atomic mass is 9.98. The topological polar surface area (TPSA) is 81.9 Å². The van der Waals surface area contributed by atoms with Crippen LogP contribution in [-0.2, 0) is 0 Å². The monoisotopic (exact) mass is 526 g/mol. The second-order valence-electron chi connectivity index (χ2n) is 7.64. The Kier molecular flexibility index (Phi) is 5.25. The molecule has 0 saturated carbocycles. The predicted octanol–water partition coefficient (Wildman–Crippen LogP) is 5.40. The first kappa shape index (κ1) is 21.7. The highest BCUT2D eigenvalue weighted by Gasteiger charge is 2.45. The first-order chi connectivity index (χ1) is 15.8. The number of carbonyl (C=O) groups is 1. The smallest absolute Gasteiger partial charge is 0.297 e. The van der Waals surface area contributed by atoms with E-state index in [1.807, 2.05) is 19.9 Å². The molecule has 0 saturated heterocycles. The fraction of sp³-hybridized carbons (Fsp3) is 0.208. The first-order valence-corrected chi connectivity index (χ1v) is 11.7. The standard InChI is InChI=1S/C24H19BrN2O5S/c1-11-12(2)33-24(26-11)27-20(13-5-7-17(30-3)18(9-13)31-4)19-21(28)15-10-14(25)6-8-16(15)32-22(19)23(27)29/h5-10,20H,1-4H3/t20-/m0/s1. The van der Waals surface area contributed by atoms with E-state index in [0.29, 0.717) is 33.2 Å². The molecule has 0 unspecified atom stereocenters. The van der Waals surface area contributed by atoms with Crippen molar-refractivity contribution >= 4 is 49.3 Å². The van der Waals surface area contributed by atoms with Crippen LogP contribution in [0.3, 0.4) is 0 Å². The number of halogens is 1. The molecule has 3 heterocycles. The molecule has 2 aromatic heterocycles. The van der Waals surface area contributed by atoms with Crippen LogP contribution in [-0.4, -0.2) is 25.1 Å². The maximum absolute atomic E-state index is 13.7. The maximum atomic E-state index is 13.7. The number of methoxy groups -OCH3 is 2. The van der Waals surface area contributed by atoms with Crippen LogP contribution in [0, 0.1) is 13.8 Å². The van der Waals surface area contributed by atoms with E-state index in [4.69, 9.17) is 13.9 Å². The maximum Gasteiger partial charge on any atom is 0.297 e. The Morgan fingerprint density at radius 2 is 1.82 bits per heavy atom. The summed E-state index contributed by atoms with van der Waals surface area (Å²) in [6.07, 6.45) is 0. The molecule has 9 heteroatoms. The number of hydrogen-bond donors (Lipinski definition) is 0. The molecular formula is C24H19BrN2O5S. The van der Waals surface area contributed by atoms with Gasteiger partial charge in [0, 0.05) is 9.35 Å². The molecule has 1 aliphatic heterocycles. The summed E-state index contributed by atoms with van der Waals surface area (Å²) in [5, 5.41) is 0.903. The molecular weight excluding hydrogens is 508 g/mol. The zero-order valence-electron chi connectivity index (χ0n) is 18.3. The van der Waals surface area contributed by atoms with Crippen molar-refractivity contribution in [3.8, 4) is 11.5 Å².